The number of hydrogen-bond acceptors (Lipinski definition) is 5. The van der Waals surface area contributed by atoms with Gasteiger partial charge in [-0.1, -0.05) is 13.8 Å². The van der Waals surface area contributed by atoms with Crippen LogP contribution in [-0.4, -0.2) is 41.0 Å². The molecule has 28 heavy (non-hydrogen) atoms. The summed E-state index contributed by atoms with van der Waals surface area (Å²) in [7, 11) is 0. The highest BCUT2D eigenvalue weighted by atomic mass is 16.6. The van der Waals surface area contributed by atoms with E-state index in [-0.39, 0.29) is 29.3 Å². The van der Waals surface area contributed by atoms with Crippen molar-refractivity contribution in [3.05, 3.63) is 39.8 Å². The van der Waals surface area contributed by atoms with Crippen molar-refractivity contribution < 1.29 is 19.6 Å². The van der Waals surface area contributed by atoms with Crippen LogP contribution in [0.1, 0.15) is 49.9 Å². The van der Waals surface area contributed by atoms with Crippen LogP contribution in [0.4, 0.5) is 16.2 Å². The van der Waals surface area contributed by atoms with Crippen LogP contribution in [-0.2, 0) is 0 Å². The largest absolute Gasteiger partial charge is 0.465 e. The molecule has 1 aromatic rings. The van der Waals surface area contributed by atoms with Gasteiger partial charge in [0.1, 0.15) is 5.69 Å². The van der Waals surface area contributed by atoms with Crippen LogP contribution in [0.15, 0.2) is 18.2 Å². The summed E-state index contributed by atoms with van der Waals surface area (Å²) < 4.78 is 0. The smallest absolute Gasteiger partial charge is 0.404 e. The Balaban J connectivity index is 1.73. The number of rotatable bonds is 7. The molecule has 1 unspecified atom stereocenters. The molecule has 1 aromatic carbocycles. The number of Topliss-reactive ketones (excluding diaryl/α,β-unsaturated/α-hetero) is 1. The molecule has 0 spiro atoms. The van der Waals surface area contributed by atoms with E-state index in [2.05, 4.69) is 5.32 Å². The molecule has 8 nitrogen and oxygen atoms in total. The van der Waals surface area contributed by atoms with Gasteiger partial charge in [0.15, 0.2) is 5.78 Å². The van der Waals surface area contributed by atoms with E-state index in [1.54, 1.807) is 12.1 Å². The maximum absolute atomic E-state index is 12.2. The van der Waals surface area contributed by atoms with Crippen LogP contribution in [0.3, 0.4) is 0 Å². The van der Waals surface area contributed by atoms with Crippen molar-refractivity contribution in [3.8, 4) is 0 Å². The van der Waals surface area contributed by atoms with Crippen LogP contribution in [0.25, 0.3) is 0 Å². The lowest BCUT2D eigenvalue weighted by Gasteiger charge is -2.38. The lowest BCUT2D eigenvalue weighted by Crippen LogP contribution is -2.47. The van der Waals surface area contributed by atoms with E-state index in [1.807, 2.05) is 18.7 Å². The van der Waals surface area contributed by atoms with Crippen molar-refractivity contribution in [2.75, 3.05) is 18.0 Å². The second kappa shape index (κ2) is 8.16. The average molecular weight is 388 g/mol. The Morgan fingerprint density at radius 3 is 2.36 bits per heavy atom. The molecule has 8 heteroatoms. The molecule has 1 saturated carbocycles. The van der Waals surface area contributed by atoms with Crippen LogP contribution < -0.4 is 10.2 Å². The zero-order valence-electron chi connectivity index (χ0n) is 16.2. The van der Waals surface area contributed by atoms with Gasteiger partial charge in [-0.25, -0.2) is 4.79 Å². The highest BCUT2D eigenvalue weighted by molar-refractivity contribution is 6.00. The number of carbonyl (C=O) groups is 2. The Morgan fingerprint density at radius 1 is 1.21 bits per heavy atom. The summed E-state index contributed by atoms with van der Waals surface area (Å²) >= 11 is 0. The Kier molecular flexibility index (Phi) is 5.86. The van der Waals surface area contributed by atoms with Gasteiger partial charge in [-0.15, -0.1) is 0 Å². The second-order valence-electron chi connectivity index (χ2n) is 7.93. The summed E-state index contributed by atoms with van der Waals surface area (Å²) in [5, 5.41) is 23.2. The summed E-state index contributed by atoms with van der Waals surface area (Å²) in [6, 6.07) is 4.56. The Hall–Kier alpha value is -2.64. The van der Waals surface area contributed by atoms with Crippen LogP contribution in [0.2, 0.25) is 0 Å². The molecule has 0 bridgehead atoms. The summed E-state index contributed by atoms with van der Waals surface area (Å²) in [6.45, 7) is 5.03. The van der Waals surface area contributed by atoms with E-state index >= 15 is 0 Å². The van der Waals surface area contributed by atoms with Crippen LogP contribution in [0.5, 0.6) is 0 Å². The second-order valence-corrected chi connectivity index (χ2v) is 7.93. The number of nitrogens with one attached hydrogen (secondary N) is 1. The predicted molar refractivity (Wildman–Crippen MR) is 105 cm³/mol. The van der Waals surface area contributed by atoms with Crippen LogP contribution in [0, 0.1) is 27.9 Å². The van der Waals surface area contributed by atoms with Crippen molar-refractivity contribution in [2.24, 2.45) is 11.8 Å². The van der Waals surface area contributed by atoms with Gasteiger partial charge in [0.25, 0.3) is 5.69 Å². The van der Waals surface area contributed by atoms with Gasteiger partial charge >= 0.3 is 6.09 Å². The third-order valence-corrected chi connectivity index (χ3v) is 5.66. The van der Waals surface area contributed by atoms with Gasteiger partial charge < -0.3 is 15.3 Å². The summed E-state index contributed by atoms with van der Waals surface area (Å²) in [6.07, 6.45) is 2.15. The van der Waals surface area contributed by atoms with Gasteiger partial charge in [0.2, 0.25) is 0 Å². The third-order valence-electron chi connectivity index (χ3n) is 5.66. The molecule has 151 valence electrons. The monoisotopic (exact) mass is 388 g/mol. The number of anilines is 1. The number of nitro groups is 1. The highest BCUT2D eigenvalue weighted by Gasteiger charge is 2.34. The molecule has 1 atom stereocenters. The molecule has 0 aromatic heterocycles. The van der Waals surface area contributed by atoms with Gasteiger partial charge in [-0.05, 0) is 49.7 Å². The summed E-state index contributed by atoms with van der Waals surface area (Å²) in [5.41, 5.74) is 0.897. The Labute approximate surface area is 164 Å². The minimum atomic E-state index is -1.04. The topological polar surface area (TPSA) is 113 Å². The van der Waals surface area contributed by atoms with Crippen molar-refractivity contribution in [1.82, 2.24) is 5.32 Å². The molecular weight excluding hydrogens is 362 g/mol. The fraction of sp³-hybridized carbons (Fsp3) is 0.550. The number of carbonyl (C=O) groups excluding carboxylic acids is 1. The SMILES string of the molecule is C[C](C)C(NC(=O)O)C1CCN(c2ccc(C(=O)C3CC3)cc2[N+](=O)[O-])CC1. The Morgan fingerprint density at radius 2 is 1.86 bits per heavy atom. The van der Waals surface area contributed by atoms with Crippen molar-refractivity contribution in [2.45, 2.75) is 45.6 Å². The fourth-order valence-electron chi connectivity index (χ4n) is 4.01. The van der Waals surface area contributed by atoms with Crippen molar-refractivity contribution >= 4 is 23.3 Å². The molecule has 1 aliphatic heterocycles. The van der Waals surface area contributed by atoms with Gasteiger partial charge in [0.05, 0.1) is 4.92 Å². The minimum Gasteiger partial charge on any atom is -0.465 e. The predicted octanol–water partition coefficient (Wildman–Crippen LogP) is 3.65. The molecule has 2 N–H and O–H groups in total. The number of nitrogens with zero attached hydrogens (tertiary/aromatic N) is 2. The first-order chi connectivity index (χ1) is 13.3. The first-order valence-electron chi connectivity index (χ1n) is 9.65. The molecule has 1 saturated heterocycles. The number of ketones is 1. The standard InChI is InChI=1S/C20H26N3O5/c1-12(2)18(21-20(25)26)13-7-9-22(10-8-13)16-6-5-15(11-17(16)23(27)28)19(24)14-3-4-14/h5-6,11,13-14,18,21H,3-4,7-10H2,1-2H3,(H,25,26). The summed E-state index contributed by atoms with van der Waals surface area (Å²) in [4.78, 5) is 36.4. The Bertz CT molecular complexity index is 767. The molecule has 1 aliphatic carbocycles. The molecule has 1 amide bonds. The number of carboxylic acid groups (broad SMARTS) is 1. The molecular formula is C20H26N3O5. The third kappa shape index (κ3) is 4.43. The number of benzene rings is 1. The number of piperidine rings is 1. The van der Waals surface area contributed by atoms with E-state index in [9.17, 15) is 19.7 Å². The molecule has 2 aliphatic rings. The fourth-order valence-corrected chi connectivity index (χ4v) is 4.01. The van der Waals surface area contributed by atoms with E-state index in [0.29, 0.717) is 24.3 Å². The summed E-state index contributed by atoms with van der Waals surface area (Å²) in [5.74, 6) is 1.18. The van der Waals surface area contributed by atoms with Gasteiger partial charge in [0, 0.05) is 36.7 Å². The van der Waals surface area contributed by atoms with Gasteiger partial charge in [-0.3, -0.25) is 14.9 Å². The number of hydrogen-bond donors (Lipinski definition) is 2. The molecule has 3 rings (SSSR count). The molecule has 2 fully saturated rings. The van der Waals surface area contributed by atoms with Gasteiger partial charge in [-0.2, -0.15) is 0 Å². The lowest BCUT2D eigenvalue weighted by atomic mass is 9.83. The number of nitro benzene ring substituents is 1. The van der Waals surface area contributed by atoms with E-state index in [4.69, 9.17) is 5.11 Å². The van der Waals surface area contributed by atoms with Crippen LogP contribution >= 0.6 is 0 Å². The normalized spacial score (nSPS) is 18.8. The van der Waals surface area contributed by atoms with Crippen molar-refractivity contribution in [3.63, 3.8) is 0 Å². The number of amides is 1. The maximum atomic E-state index is 12.2. The lowest BCUT2D eigenvalue weighted by molar-refractivity contribution is -0.384. The quantitative estimate of drug-likeness (QED) is 0.419. The van der Waals surface area contributed by atoms with E-state index < -0.39 is 11.0 Å². The highest BCUT2D eigenvalue weighted by Crippen LogP contribution is 2.37. The average Bonchev–Trinajstić information content (AvgIpc) is 3.50. The first-order valence-corrected chi connectivity index (χ1v) is 9.65. The zero-order chi connectivity index (χ0) is 20.4. The maximum Gasteiger partial charge on any atom is 0.404 e. The van der Waals surface area contributed by atoms with E-state index in [1.165, 1.54) is 6.07 Å². The molecule has 1 heterocycles. The van der Waals surface area contributed by atoms with Crippen molar-refractivity contribution in [1.29, 1.82) is 0 Å². The first kappa shape index (κ1) is 20.1. The van der Waals surface area contributed by atoms with E-state index in [0.717, 1.165) is 31.6 Å². The zero-order valence-corrected chi connectivity index (χ0v) is 16.2. The molecule has 1 radical (unpaired) electrons. The minimum absolute atomic E-state index is 0.00935.